The maximum absolute atomic E-state index is 5.90. The summed E-state index contributed by atoms with van der Waals surface area (Å²) in [5.41, 5.74) is 3.60. The van der Waals surface area contributed by atoms with E-state index in [2.05, 4.69) is 36.4 Å². The lowest BCUT2D eigenvalue weighted by atomic mass is 9.95. The summed E-state index contributed by atoms with van der Waals surface area (Å²) in [5.74, 6) is 0. The van der Waals surface area contributed by atoms with Crippen LogP contribution in [-0.4, -0.2) is 0 Å². The van der Waals surface area contributed by atoms with Crippen LogP contribution >= 0.6 is 0 Å². The molecule has 0 amide bonds. The second-order valence-electron chi connectivity index (χ2n) is 3.81. The molecule has 0 radical (unpaired) electrons. The first-order valence-corrected chi connectivity index (χ1v) is 5.38. The number of hydrogen-bond acceptors (Lipinski definition) is 0. The molecule has 1 aromatic rings. The molecule has 0 saturated heterocycles. The summed E-state index contributed by atoms with van der Waals surface area (Å²) in [6, 6.07) is 10.5. The topological polar surface area (TPSA) is 0 Å². The molecule has 2 rings (SSSR count). The van der Waals surface area contributed by atoms with E-state index in [1.54, 1.807) is 0 Å². The second-order valence-corrected chi connectivity index (χ2v) is 3.81. The van der Waals surface area contributed by atoms with Gasteiger partial charge in [0.1, 0.15) is 0 Å². The molecule has 0 aromatic heterocycles. The minimum atomic E-state index is 0.928. The average molecular weight is 195 g/mol. The summed E-state index contributed by atoms with van der Waals surface area (Å²) in [6.45, 7) is 5.90. The molecular weight excluding hydrogens is 180 g/mol. The Morgan fingerprint density at radius 2 is 1.87 bits per heavy atom. The third-order valence-electron chi connectivity index (χ3n) is 2.69. The maximum Gasteiger partial charge on any atom is 0.182 e. The van der Waals surface area contributed by atoms with E-state index in [-0.39, 0.29) is 0 Å². The maximum atomic E-state index is 5.90. The van der Waals surface area contributed by atoms with Gasteiger partial charge >= 0.3 is 0 Å². The molecule has 1 aliphatic carbocycles. The summed E-state index contributed by atoms with van der Waals surface area (Å²) >= 11 is 0. The largest absolute Gasteiger partial charge is 0.182 e. The normalized spacial score (nSPS) is 15.1. The van der Waals surface area contributed by atoms with Crippen LogP contribution in [0, 0.1) is 6.58 Å². The summed E-state index contributed by atoms with van der Waals surface area (Å²) in [6.07, 6.45) is 9.46. The molecule has 15 heavy (non-hydrogen) atoms. The third kappa shape index (κ3) is 2.65. The van der Waals surface area contributed by atoms with E-state index >= 15 is 0 Å². The Labute approximate surface area is 91.6 Å². The Kier molecular flexibility index (Phi) is 3.11. The van der Waals surface area contributed by atoms with Crippen LogP contribution in [0.4, 0.5) is 0 Å². The van der Waals surface area contributed by atoms with E-state index in [9.17, 15) is 0 Å². The van der Waals surface area contributed by atoms with Crippen molar-refractivity contribution in [1.82, 2.24) is 0 Å². The van der Waals surface area contributed by atoms with E-state index in [0.29, 0.717) is 0 Å². The fourth-order valence-corrected chi connectivity index (χ4v) is 1.80. The first-order chi connectivity index (χ1) is 7.36. The molecule has 0 heterocycles. The van der Waals surface area contributed by atoms with Crippen molar-refractivity contribution in [3.05, 3.63) is 71.8 Å². The lowest BCUT2D eigenvalue weighted by Crippen LogP contribution is -1.93. The summed E-state index contributed by atoms with van der Waals surface area (Å²) in [5, 5.41) is 0. The van der Waals surface area contributed by atoms with Crippen LogP contribution in [0.25, 0.3) is 0 Å². The molecule has 0 unspecified atom stereocenters. The molecule has 0 spiro atoms. The highest BCUT2D eigenvalue weighted by Crippen LogP contribution is 2.21. The lowest BCUT2D eigenvalue weighted by molar-refractivity contribution is 0.943. The van der Waals surface area contributed by atoms with Crippen LogP contribution in [0.5, 0.6) is 0 Å². The van der Waals surface area contributed by atoms with E-state index in [1.807, 2.05) is 12.1 Å². The molecular formula is C15H15+. The Bertz CT molecular complexity index is 393. The van der Waals surface area contributed by atoms with Gasteiger partial charge in [-0.1, -0.05) is 30.3 Å². The summed E-state index contributed by atoms with van der Waals surface area (Å²) < 4.78 is 0. The molecule has 1 aliphatic rings. The van der Waals surface area contributed by atoms with Gasteiger partial charge in [0.2, 0.25) is 0 Å². The van der Waals surface area contributed by atoms with Crippen molar-refractivity contribution in [2.24, 2.45) is 0 Å². The van der Waals surface area contributed by atoms with E-state index < -0.39 is 0 Å². The molecule has 0 saturated carbocycles. The molecule has 74 valence electrons. The first kappa shape index (κ1) is 9.89. The highest BCUT2D eigenvalue weighted by Gasteiger charge is 2.12. The molecule has 1 aromatic carbocycles. The van der Waals surface area contributed by atoms with Crippen molar-refractivity contribution in [2.75, 3.05) is 0 Å². The van der Waals surface area contributed by atoms with E-state index in [0.717, 1.165) is 24.8 Å². The molecule has 0 N–H and O–H groups in total. The molecule has 0 aliphatic heterocycles. The van der Waals surface area contributed by atoms with Crippen molar-refractivity contribution in [3.63, 3.8) is 0 Å². The Balaban J connectivity index is 1.94. The molecule has 0 atom stereocenters. The van der Waals surface area contributed by atoms with Gasteiger partial charge in [-0.05, 0) is 24.1 Å². The smallest absolute Gasteiger partial charge is 0.0622 e. The zero-order valence-corrected chi connectivity index (χ0v) is 8.82. The van der Waals surface area contributed by atoms with Gasteiger partial charge in [-0.3, -0.25) is 0 Å². The van der Waals surface area contributed by atoms with Crippen LogP contribution in [0.3, 0.4) is 0 Å². The van der Waals surface area contributed by atoms with Crippen molar-refractivity contribution in [3.8, 4) is 0 Å². The van der Waals surface area contributed by atoms with Gasteiger partial charge in [0.05, 0.1) is 11.6 Å². The minimum absolute atomic E-state index is 0.928. The fraction of sp³-hybridized carbons (Fsp3) is 0.200. The summed E-state index contributed by atoms with van der Waals surface area (Å²) in [4.78, 5) is 0. The van der Waals surface area contributed by atoms with Gasteiger partial charge < -0.3 is 0 Å². The fourth-order valence-electron chi connectivity index (χ4n) is 1.80. The quantitative estimate of drug-likeness (QED) is 0.642. The van der Waals surface area contributed by atoms with Gasteiger partial charge in [0.15, 0.2) is 5.57 Å². The number of hydrogen-bond donors (Lipinski definition) is 0. The van der Waals surface area contributed by atoms with Gasteiger partial charge in [-0.15, -0.1) is 0 Å². The predicted octanol–water partition coefficient (Wildman–Crippen LogP) is 3.86. The monoisotopic (exact) mass is 195 g/mol. The number of aryl methyl sites for hydroxylation is 1. The minimum Gasteiger partial charge on any atom is -0.0622 e. The van der Waals surface area contributed by atoms with E-state index in [1.165, 1.54) is 11.1 Å². The van der Waals surface area contributed by atoms with E-state index in [4.69, 9.17) is 6.58 Å². The molecule has 0 heteroatoms. The standard InChI is InChI=1S/C15H15/c1-13-7-5-6-10-15(13)12-11-14-8-3-2-4-9-14/h1-5,7-10H,6,11-12H2/q+1. The zero-order chi connectivity index (χ0) is 10.5. The highest BCUT2D eigenvalue weighted by molar-refractivity contribution is 5.40. The Morgan fingerprint density at radius 3 is 2.60 bits per heavy atom. The number of benzene rings is 1. The molecule has 0 fully saturated rings. The van der Waals surface area contributed by atoms with Crippen LogP contribution in [0.2, 0.25) is 0 Å². The van der Waals surface area contributed by atoms with Gasteiger partial charge in [-0.25, -0.2) is 0 Å². The zero-order valence-electron chi connectivity index (χ0n) is 8.82. The Hall–Kier alpha value is -1.65. The van der Waals surface area contributed by atoms with Gasteiger partial charge in [0.25, 0.3) is 0 Å². The van der Waals surface area contributed by atoms with Crippen molar-refractivity contribution in [2.45, 2.75) is 19.3 Å². The predicted molar refractivity (Wildman–Crippen MR) is 64.4 cm³/mol. The SMILES string of the molecule is [CH+]=C1C=CCC=C1CCc1ccccc1. The van der Waals surface area contributed by atoms with Crippen LogP contribution in [-0.2, 0) is 6.42 Å². The van der Waals surface area contributed by atoms with Crippen LogP contribution in [0.1, 0.15) is 18.4 Å². The van der Waals surface area contributed by atoms with Crippen molar-refractivity contribution >= 4 is 0 Å². The summed E-state index contributed by atoms with van der Waals surface area (Å²) in [7, 11) is 0. The van der Waals surface area contributed by atoms with Crippen molar-refractivity contribution in [1.29, 1.82) is 0 Å². The third-order valence-corrected chi connectivity index (χ3v) is 2.69. The van der Waals surface area contributed by atoms with Crippen molar-refractivity contribution < 1.29 is 0 Å². The first-order valence-electron chi connectivity index (χ1n) is 5.38. The number of allylic oxidation sites excluding steroid dienone is 5. The van der Waals surface area contributed by atoms with Crippen LogP contribution in [0.15, 0.2) is 59.7 Å². The average Bonchev–Trinajstić information content (AvgIpc) is 2.29. The second kappa shape index (κ2) is 4.72. The molecule has 0 nitrogen and oxygen atoms in total. The Morgan fingerprint density at radius 1 is 1.07 bits per heavy atom. The lowest BCUT2D eigenvalue weighted by Gasteiger charge is -2.03. The van der Waals surface area contributed by atoms with Crippen LogP contribution < -0.4 is 0 Å². The molecule has 0 bridgehead atoms. The van der Waals surface area contributed by atoms with Gasteiger partial charge in [0, 0.05) is 19.4 Å². The number of rotatable bonds is 3. The highest BCUT2D eigenvalue weighted by atomic mass is 14.1. The van der Waals surface area contributed by atoms with Gasteiger partial charge in [-0.2, -0.15) is 0 Å².